The van der Waals surface area contributed by atoms with Gasteiger partial charge in [-0.3, -0.25) is 0 Å². The summed E-state index contributed by atoms with van der Waals surface area (Å²) in [6.45, 7) is 11.1. The summed E-state index contributed by atoms with van der Waals surface area (Å²) in [5.41, 5.74) is 0. The van der Waals surface area contributed by atoms with Crippen LogP contribution in [0.4, 0.5) is 0 Å². The first-order chi connectivity index (χ1) is 8.68. The molecule has 1 heterocycles. The van der Waals surface area contributed by atoms with Crippen LogP contribution in [0.25, 0.3) is 0 Å². The lowest BCUT2D eigenvalue weighted by atomic mass is 10.1. The highest BCUT2D eigenvalue weighted by Gasteiger charge is 2.15. The number of unbranched alkanes of at least 4 members (excludes halogenated alkanes) is 1. The topological polar surface area (TPSA) is 42.5 Å². The molecule has 1 aliphatic heterocycles. The Morgan fingerprint density at radius 2 is 2.17 bits per heavy atom. The molecule has 0 saturated carbocycles. The molecule has 0 aromatic carbocycles. The van der Waals surface area contributed by atoms with Gasteiger partial charge in [0.25, 0.3) is 0 Å². The van der Waals surface area contributed by atoms with Crippen LogP contribution in [0.15, 0.2) is 0 Å². The minimum absolute atomic E-state index is 0.356. The Balaban J connectivity index is 1.91. The van der Waals surface area contributed by atoms with Gasteiger partial charge in [-0.1, -0.05) is 0 Å². The first-order valence-electron chi connectivity index (χ1n) is 7.34. The molecule has 4 heteroatoms. The van der Waals surface area contributed by atoms with Crippen LogP contribution in [0.2, 0.25) is 0 Å². The Kier molecular flexibility index (Phi) is 8.59. The maximum absolute atomic E-state index is 5.52. The SMILES string of the molecule is CC(CC1COCCN1)NCCCCOC(C)C. The first kappa shape index (κ1) is 15.9. The lowest BCUT2D eigenvalue weighted by Crippen LogP contribution is -2.45. The minimum Gasteiger partial charge on any atom is -0.379 e. The molecule has 0 aromatic rings. The zero-order valence-electron chi connectivity index (χ0n) is 12.2. The molecule has 2 N–H and O–H groups in total. The molecule has 108 valence electrons. The summed E-state index contributed by atoms with van der Waals surface area (Å²) in [4.78, 5) is 0. The van der Waals surface area contributed by atoms with Crippen LogP contribution in [-0.4, -0.2) is 51.1 Å². The number of nitrogens with one attached hydrogen (secondary N) is 2. The molecule has 1 aliphatic rings. The van der Waals surface area contributed by atoms with Crippen LogP contribution in [-0.2, 0) is 9.47 Å². The van der Waals surface area contributed by atoms with Gasteiger partial charge < -0.3 is 20.1 Å². The molecule has 2 unspecified atom stereocenters. The summed E-state index contributed by atoms with van der Waals surface area (Å²) in [7, 11) is 0. The predicted molar refractivity (Wildman–Crippen MR) is 75.0 cm³/mol. The Hall–Kier alpha value is -0.160. The maximum atomic E-state index is 5.52. The van der Waals surface area contributed by atoms with E-state index < -0.39 is 0 Å². The van der Waals surface area contributed by atoms with Crippen molar-refractivity contribution in [2.75, 3.05) is 32.9 Å². The van der Waals surface area contributed by atoms with Crippen molar-refractivity contribution in [1.29, 1.82) is 0 Å². The van der Waals surface area contributed by atoms with Gasteiger partial charge in [0.2, 0.25) is 0 Å². The molecule has 4 nitrogen and oxygen atoms in total. The zero-order valence-corrected chi connectivity index (χ0v) is 12.2. The predicted octanol–water partition coefficient (Wildman–Crippen LogP) is 1.55. The Labute approximate surface area is 112 Å². The number of ether oxygens (including phenoxy) is 2. The summed E-state index contributed by atoms with van der Waals surface area (Å²) in [5, 5.41) is 7.06. The van der Waals surface area contributed by atoms with E-state index in [-0.39, 0.29) is 0 Å². The van der Waals surface area contributed by atoms with E-state index in [9.17, 15) is 0 Å². The molecule has 0 aliphatic carbocycles. The largest absolute Gasteiger partial charge is 0.379 e. The van der Waals surface area contributed by atoms with E-state index in [1.165, 1.54) is 6.42 Å². The van der Waals surface area contributed by atoms with Gasteiger partial charge in [0.1, 0.15) is 0 Å². The molecule has 1 rings (SSSR count). The molecule has 1 fully saturated rings. The van der Waals surface area contributed by atoms with E-state index in [2.05, 4.69) is 31.4 Å². The van der Waals surface area contributed by atoms with Crippen molar-refractivity contribution in [2.24, 2.45) is 0 Å². The van der Waals surface area contributed by atoms with Crippen LogP contribution in [0.1, 0.15) is 40.0 Å². The van der Waals surface area contributed by atoms with Crippen LogP contribution < -0.4 is 10.6 Å². The second kappa shape index (κ2) is 9.73. The molecular weight excluding hydrogens is 228 g/mol. The fourth-order valence-corrected chi connectivity index (χ4v) is 2.18. The summed E-state index contributed by atoms with van der Waals surface area (Å²) in [6, 6.07) is 1.07. The third-order valence-corrected chi connectivity index (χ3v) is 3.15. The average molecular weight is 258 g/mol. The quantitative estimate of drug-likeness (QED) is 0.616. The van der Waals surface area contributed by atoms with Gasteiger partial charge in [-0.2, -0.15) is 0 Å². The molecular formula is C14H30N2O2. The minimum atomic E-state index is 0.356. The lowest BCUT2D eigenvalue weighted by Gasteiger charge is -2.26. The van der Waals surface area contributed by atoms with Crippen molar-refractivity contribution in [3.8, 4) is 0 Å². The van der Waals surface area contributed by atoms with Crippen molar-refractivity contribution >= 4 is 0 Å². The van der Waals surface area contributed by atoms with Gasteiger partial charge in [0, 0.05) is 25.2 Å². The van der Waals surface area contributed by atoms with Gasteiger partial charge in [-0.15, -0.1) is 0 Å². The van der Waals surface area contributed by atoms with Gasteiger partial charge in [0.05, 0.1) is 19.3 Å². The number of morpholine rings is 1. The van der Waals surface area contributed by atoms with Crippen molar-refractivity contribution in [2.45, 2.75) is 58.2 Å². The zero-order chi connectivity index (χ0) is 13.2. The molecule has 0 aromatic heterocycles. The Morgan fingerprint density at radius 1 is 1.33 bits per heavy atom. The van der Waals surface area contributed by atoms with Crippen molar-refractivity contribution in [3.63, 3.8) is 0 Å². The van der Waals surface area contributed by atoms with Crippen LogP contribution in [0.5, 0.6) is 0 Å². The number of hydrogen-bond donors (Lipinski definition) is 2. The van der Waals surface area contributed by atoms with Crippen molar-refractivity contribution < 1.29 is 9.47 Å². The van der Waals surface area contributed by atoms with Gasteiger partial charge in [-0.05, 0) is 46.6 Å². The normalized spacial score (nSPS) is 22.3. The smallest absolute Gasteiger partial charge is 0.0620 e. The fraction of sp³-hybridized carbons (Fsp3) is 1.00. The van der Waals surface area contributed by atoms with Gasteiger partial charge in [-0.25, -0.2) is 0 Å². The van der Waals surface area contributed by atoms with E-state index >= 15 is 0 Å². The summed E-state index contributed by atoms with van der Waals surface area (Å²) < 4.78 is 11.0. The highest BCUT2D eigenvalue weighted by Crippen LogP contribution is 2.02. The maximum Gasteiger partial charge on any atom is 0.0620 e. The molecule has 2 atom stereocenters. The molecule has 0 spiro atoms. The first-order valence-corrected chi connectivity index (χ1v) is 7.34. The summed E-state index contributed by atoms with van der Waals surface area (Å²) in [5.74, 6) is 0. The van der Waals surface area contributed by atoms with E-state index in [1.807, 2.05) is 0 Å². The summed E-state index contributed by atoms with van der Waals surface area (Å²) >= 11 is 0. The van der Waals surface area contributed by atoms with Crippen molar-refractivity contribution in [1.82, 2.24) is 10.6 Å². The monoisotopic (exact) mass is 258 g/mol. The van der Waals surface area contributed by atoms with E-state index in [1.54, 1.807) is 0 Å². The van der Waals surface area contributed by atoms with Crippen LogP contribution in [0.3, 0.4) is 0 Å². The lowest BCUT2D eigenvalue weighted by molar-refractivity contribution is 0.0706. The average Bonchev–Trinajstić information content (AvgIpc) is 2.34. The van der Waals surface area contributed by atoms with E-state index in [4.69, 9.17) is 9.47 Å². The Morgan fingerprint density at radius 3 is 2.83 bits per heavy atom. The van der Waals surface area contributed by atoms with Gasteiger partial charge >= 0.3 is 0 Å². The third kappa shape index (κ3) is 8.03. The molecule has 18 heavy (non-hydrogen) atoms. The number of rotatable bonds is 9. The van der Waals surface area contributed by atoms with Crippen molar-refractivity contribution in [3.05, 3.63) is 0 Å². The second-order valence-corrected chi connectivity index (χ2v) is 5.44. The number of hydrogen-bond acceptors (Lipinski definition) is 4. The fourth-order valence-electron chi connectivity index (χ4n) is 2.18. The van der Waals surface area contributed by atoms with Gasteiger partial charge in [0.15, 0.2) is 0 Å². The molecule has 0 radical (unpaired) electrons. The van der Waals surface area contributed by atoms with Crippen LogP contribution in [0, 0.1) is 0 Å². The molecule has 0 amide bonds. The second-order valence-electron chi connectivity index (χ2n) is 5.44. The van der Waals surface area contributed by atoms with E-state index in [0.717, 1.165) is 45.8 Å². The van der Waals surface area contributed by atoms with Crippen LogP contribution >= 0.6 is 0 Å². The highest BCUT2D eigenvalue weighted by atomic mass is 16.5. The highest BCUT2D eigenvalue weighted by molar-refractivity contribution is 4.75. The third-order valence-electron chi connectivity index (χ3n) is 3.15. The Bertz CT molecular complexity index is 194. The van der Waals surface area contributed by atoms with E-state index in [0.29, 0.717) is 18.2 Å². The molecule has 0 bridgehead atoms. The summed E-state index contributed by atoms with van der Waals surface area (Å²) in [6.07, 6.45) is 3.82. The standard InChI is InChI=1S/C14H30N2O2/c1-12(2)18-8-5-4-6-15-13(3)10-14-11-17-9-7-16-14/h12-16H,4-11H2,1-3H3. The molecule has 1 saturated heterocycles.